The van der Waals surface area contributed by atoms with E-state index in [-0.39, 0.29) is 12.4 Å². The van der Waals surface area contributed by atoms with Gasteiger partial charge in [-0.15, -0.1) is 0 Å². The fourth-order valence-electron chi connectivity index (χ4n) is 2.06. The predicted molar refractivity (Wildman–Crippen MR) is 68.3 cm³/mol. The van der Waals surface area contributed by atoms with Crippen molar-refractivity contribution >= 4 is 11.9 Å². The number of aromatic nitrogens is 1. The SMILES string of the molecule is CCOC(=O)c1c(C(C)(C)CC(N)=O)c[nH]c1C. The number of ether oxygens (including phenoxy) is 1. The molecule has 0 bridgehead atoms. The third kappa shape index (κ3) is 2.91. The molecule has 18 heavy (non-hydrogen) atoms. The van der Waals surface area contributed by atoms with E-state index in [0.29, 0.717) is 12.2 Å². The highest BCUT2D eigenvalue weighted by Crippen LogP contribution is 2.31. The third-order valence-electron chi connectivity index (χ3n) is 2.90. The van der Waals surface area contributed by atoms with Crippen LogP contribution in [0.3, 0.4) is 0 Å². The van der Waals surface area contributed by atoms with E-state index in [1.54, 1.807) is 20.0 Å². The third-order valence-corrected chi connectivity index (χ3v) is 2.90. The number of primary amides is 1. The molecule has 0 radical (unpaired) electrons. The number of nitrogens with two attached hydrogens (primary N) is 1. The van der Waals surface area contributed by atoms with Gasteiger partial charge in [0.05, 0.1) is 12.2 Å². The molecule has 0 fully saturated rings. The number of carbonyl (C=O) groups is 2. The molecule has 3 N–H and O–H groups in total. The Morgan fingerprint density at radius 1 is 1.44 bits per heavy atom. The number of aryl methyl sites for hydroxylation is 1. The molecule has 5 nitrogen and oxygen atoms in total. The Hall–Kier alpha value is -1.78. The number of nitrogens with one attached hydrogen (secondary N) is 1. The van der Waals surface area contributed by atoms with E-state index in [4.69, 9.17) is 10.5 Å². The second-order valence-corrected chi connectivity index (χ2v) is 4.95. The minimum atomic E-state index is -0.501. The van der Waals surface area contributed by atoms with Crippen LogP contribution in [0.1, 0.15) is 48.8 Å². The van der Waals surface area contributed by atoms with E-state index in [1.165, 1.54) is 0 Å². The highest BCUT2D eigenvalue weighted by Gasteiger charge is 2.30. The van der Waals surface area contributed by atoms with Gasteiger partial charge in [-0.2, -0.15) is 0 Å². The summed E-state index contributed by atoms with van der Waals surface area (Å²) >= 11 is 0. The molecular formula is C13H20N2O3. The fourth-order valence-corrected chi connectivity index (χ4v) is 2.06. The lowest BCUT2D eigenvalue weighted by molar-refractivity contribution is -0.119. The lowest BCUT2D eigenvalue weighted by atomic mass is 9.80. The van der Waals surface area contributed by atoms with Gasteiger partial charge in [0.15, 0.2) is 0 Å². The fraction of sp³-hybridized carbons (Fsp3) is 0.538. The molecule has 0 aromatic carbocycles. The largest absolute Gasteiger partial charge is 0.462 e. The quantitative estimate of drug-likeness (QED) is 0.781. The number of H-pyrrole nitrogens is 1. The van der Waals surface area contributed by atoms with Crippen LogP contribution in [0.15, 0.2) is 6.20 Å². The summed E-state index contributed by atoms with van der Waals surface area (Å²) in [7, 11) is 0. The maximum atomic E-state index is 11.9. The van der Waals surface area contributed by atoms with Gasteiger partial charge >= 0.3 is 5.97 Å². The van der Waals surface area contributed by atoms with E-state index in [0.717, 1.165) is 11.3 Å². The van der Waals surface area contributed by atoms with Crippen LogP contribution in [-0.2, 0) is 14.9 Å². The van der Waals surface area contributed by atoms with Crippen LogP contribution in [0, 0.1) is 6.92 Å². The first kappa shape index (κ1) is 14.3. The first-order chi connectivity index (χ1) is 8.29. The van der Waals surface area contributed by atoms with Crippen molar-refractivity contribution in [1.29, 1.82) is 0 Å². The number of carbonyl (C=O) groups excluding carboxylic acids is 2. The van der Waals surface area contributed by atoms with Gasteiger partial charge in [-0.3, -0.25) is 4.79 Å². The highest BCUT2D eigenvalue weighted by atomic mass is 16.5. The van der Waals surface area contributed by atoms with Crippen molar-refractivity contribution in [1.82, 2.24) is 4.98 Å². The standard InChI is InChI=1S/C13H20N2O3/c1-5-18-12(17)11-8(2)15-7-9(11)13(3,4)6-10(14)16/h7,15H,5-6H2,1-4H3,(H2,14,16). The molecule has 0 saturated carbocycles. The number of rotatable bonds is 5. The molecule has 1 heterocycles. The zero-order valence-electron chi connectivity index (χ0n) is 11.3. The molecule has 1 aromatic rings. The summed E-state index contributed by atoms with van der Waals surface area (Å²) in [6.45, 7) is 7.63. The molecule has 0 aliphatic rings. The normalized spacial score (nSPS) is 11.3. The maximum absolute atomic E-state index is 11.9. The van der Waals surface area contributed by atoms with E-state index in [9.17, 15) is 9.59 Å². The van der Waals surface area contributed by atoms with Gasteiger partial charge in [0, 0.05) is 23.7 Å². The van der Waals surface area contributed by atoms with Crippen LogP contribution in [0.2, 0.25) is 0 Å². The van der Waals surface area contributed by atoms with Gasteiger partial charge in [-0.25, -0.2) is 4.79 Å². The Balaban J connectivity index is 3.17. The average molecular weight is 252 g/mol. The second kappa shape index (κ2) is 5.25. The highest BCUT2D eigenvalue weighted by molar-refractivity contribution is 5.93. The Kier molecular flexibility index (Phi) is 4.16. The van der Waals surface area contributed by atoms with Crippen molar-refractivity contribution in [2.75, 3.05) is 6.61 Å². The molecular weight excluding hydrogens is 232 g/mol. The number of aromatic amines is 1. The molecule has 0 aliphatic carbocycles. The topological polar surface area (TPSA) is 85.2 Å². The van der Waals surface area contributed by atoms with Gasteiger partial charge in [-0.1, -0.05) is 13.8 Å². The summed E-state index contributed by atoms with van der Waals surface area (Å²) in [5.74, 6) is -0.766. The monoisotopic (exact) mass is 252 g/mol. The summed E-state index contributed by atoms with van der Waals surface area (Å²) in [4.78, 5) is 26.0. The van der Waals surface area contributed by atoms with Gasteiger partial charge in [0.2, 0.25) is 5.91 Å². The molecule has 1 aromatic heterocycles. The summed E-state index contributed by atoms with van der Waals surface area (Å²) < 4.78 is 5.03. The first-order valence-corrected chi connectivity index (χ1v) is 5.93. The number of hydrogen-bond donors (Lipinski definition) is 2. The summed E-state index contributed by atoms with van der Waals surface area (Å²) in [6, 6.07) is 0. The molecule has 100 valence electrons. The minimum absolute atomic E-state index is 0.177. The van der Waals surface area contributed by atoms with Gasteiger partial charge < -0.3 is 15.5 Å². The van der Waals surface area contributed by atoms with E-state index < -0.39 is 11.3 Å². The molecule has 0 atom stereocenters. The van der Waals surface area contributed by atoms with Crippen molar-refractivity contribution in [3.63, 3.8) is 0 Å². The van der Waals surface area contributed by atoms with E-state index in [1.807, 2.05) is 13.8 Å². The number of amides is 1. The Morgan fingerprint density at radius 2 is 2.06 bits per heavy atom. The lowest BCUT2D eigenvalue weighted by Gasteiger charge is -2.23. The molecule has 0 spiro atoms. The van der Waals surface area contributed by atoms with E-state index >= 15 is 0 Å². The molecule has 5 heteroatoms. The predicted octanol–water partition coefficient (Wildman–Crippen LogP) is 1.65. The zero-order valence-corrected chi connectivity index (χ0v) is 11.3. The summed E-state index contributed by atoms with van der Waals surface area (Å²) in [5.41, 5.74) is 6.74. The maximum Gasteiger partial charge on any atom is 0.340 e. The van der Waals surface area contributed by atoms with E-state index in [2.05, 4.69) is 4.98 Å². The molecule has 0 saturated heterocycles. The molecule has 1 amide bonds. The van der Waals surface area contributed by atoms with Crippen molar-refractivity contribution in [2.24, 2.45) is 5.73 Å². The number of hydrogen-bond acceptors (Lipinski definition) is 3. The van der Waals surface area contributed by atoms with Crippen LogP contribution in [0.4, 0.5) is 0 Å². The van der Waals surface area contributed by atoms with Gasteiger partial charge in [0.1, 0.15) is 0 Å². The average Bonchev–Trinajstić information content (AvgIpc) is 2.59. The Bertz CT molecular complexity index is 461. The van der Waals surface area contributed by atoms with Crippen LogP contribution in [0.5, 0.6) is 0 Å². The van der Waals surface area contributed by atoms with Gasteiger partial charge in [-0.05, 0) is 19.4 Å². The summed E-state index contributed by atoms with van der Waals surface area (Å²) in [5, 5.41) is 0. The van der Waals surface area contributed by atoms with Crippen LogP contribution in [0.25, 0.3) is 0 Å². The van der Waals surface area contributed by atoms with Crippen LogP contribution < -0.4 is 5.73 Å². The smallest absolute Gasteiger partial charge is 0.340 e. The molecule has 0 aliphatic heterocycles. The van der Waals surface area contributed by atoms with Crippen molar-refractivity contribution in [2.45, 2.75) is 39.5 Å². The zero-order chi connectivity index (χ0) is 13.9. The van der Waals surface area contributed by atoms with Crippen LogP contribution in [-0.4, -0.2) is 23.5 Å². The van der Waals surface area contributed by atoms with Crippen LogP contribution >= 0.6 is 0 Å². The first-order valence-electron chi connectivity index (χ1n) is 5.93. The Morgan fingerprint density at radius 3 is 2.56 bits per heavy atom. The number of esters is 1. The lowest BCUT2D eigenvalue weighted by Crippen LogP contribution is -2.27. The van der Waals surface area contributed by atoms with Gasteiger partial charge in [0.25, 0.3) is 0 Å². The van der Waals surface area contributed by atoms with Crippen molar-refractivity contribution < 1.29 is 14.3 Å². The molecule has 1 rings (SSSR count). The van der Waals surface area contributed by atoms with Crippen molar-refractivity contribution in [3.05, 3.63) is 23.0 Å². The summed E-state index contributed by atoms with van der Waals surface area (Å²) in [6.07, 6.45) is 1.92. The minimum Gasteiger partial charge on any atom is -0.462 e. The second-order valence-electron chi connectivity index (χ2n) is 4.95. The Labute approximate surface area is 107 Å². The van der Waals surface area contributed by atoms with Crippen molar-refractivity contribution in [3.8, 4) is 0 Å². The molecule has 0 unspecified atom stereocenters.